The molecule has 2 unspecified atom stereocenters. The number of nitrogens with zero attached hydrogens (tertiary/aromatic N) is 3. The minimum atomic E-state index is 0.204. The average Bonchev–Trinajstić information content (AvgIpc) is 3.14. The third-order valence-electron chi connectivity index (χ3n) is 4.57. The summed E-state index contributed by atoms with van der Waals surface area (Å²) in [5, 5.41) is 1.50. The van der Waals surface area contributed by atoms with Crippen LogP contribution in [-0.2, 0) is 0 Å². The van der Waals surface area contributed by atoms with Crippen LogP contribution in [0.3, 0.4) is 0 Å². The van der Waals surface area contributed by atoms with Crippen molar-refractivity contribution in [1.82, 2.24) is 14.5 Å². The predicted octanol–water partition coefficient (Wildman–Crippen LogP) is 5.25. The SMILES string of the molecule is Clc1nc(Cl)c2ccn(C3CCC(c4ccccc4)C3)c2n1. The summed E-state index contributed by atoms with van der Waals surface area (Å²) in [5.41, 5.74) is 2.26. The molecule has 1 aromatic carbocycles. The average molecular weight is 332 g/mol. The fourth-order valence-electron chi connectivity index (χ4n) is 3.50. The number of halogens is 2. The first-order valence-electron chi connectivity index (χ1n) is 7.47. The van der Waals surface area contributed by atoms with Crippen LogP contribution in [0.2, 0.25) is 10.4 Å². The molecule has 1 aliphatic carbocycles. The second kappa shape index (κ2) is 5.56. The number of rotatable bonds is 2. The van der Waals surface area contributed by atoms with E-state index in [1.165, 1.54) is 12.0 Å². The Kier molecular flexibility index (Phi) is 3.55. The second-order valence-electron chi connectivity index (χ2n) is 5.82. The highest BCUT2D eigenvalue weighted by Crippen LogP contribution is 2.42. The lowest BCUT2D eigenvalue weighted by Crippen LogP contribution is -2.05. The van der Waals surface area contributed by atoms with Gasteiger partial charge in [0.15, 0.2) is 0 Å². The van der Waals surface area contributed by atoms with Crippen molar-refractivity contribution in [3.63, 3.8) is 0 Å². The minimum absolute atomic E-state index is 0.204. The van der Waals surface area contributed by atoms with Crippen molar-refractivity contribution in [3.8, 4) is 0 Å². The van der Waals surface area contributed by atoms with Crippen molar-refractivity contribution < 1.29 is 0 Å². The van der Waals surface area contributed by atoms with Gasteiger partial charge in [0, 0.05) is 12.2 Å². The van der Waals surface area contributed by atoms with Crippen molar-refractivity contribution in [2.75, 3.05) is 0 Å². The third-order valence-corrected chi connectivity index (χ3v) is 5.02. The molecule has 4 rings (SSSR count). The predicted molar refractivity (Wildman–Crippen MR) is 89.6 cm³/mol. The van der Waals surface area contributed by atoms with Crippen molar-refractivity contribution in [1.29, 1.82) is 0 Å². The zero-order valence-corrected chi connectivity index (χ0v) is 13.4. The van der Waals surface area contributed by atoms with E-state index in [0.29, 0.717) is 17.1 Å². The Morgan fingerprint density at radius 2 is 1.82 bits per heavy atom. The molecule has 3 nitrogen and oxygen atoms in total. The van der Waals surface area contributed by atoms with Gasteiger partial charge in [-0.3, -0.25) is 0 Å². The van der Waals surface area contributed by atoms with Crippen molar-refractivity contribution in [2.45, 2.75) is 31.2 Å². The lowest BCUT2D eigenvalue weighted by atomic mass is 9.98. The molecule has 0 bridgehead atoms. The monoisotopic (exact) mass is 331 g/mol. The molecule has 0 spiro atoms. The Labute approximate surface area is 138 Å². The molecule has 1 fully saturated rings. The number of hydrogen-bond donors (Lipinski definition) is 0. The maximum absolute atomic E-state index is 6.16. The molecular weight excluding hydrogens is 317 g/mol. The molecule has 0 aliphatic heterocycles. The molecular formula is C17H15Cl2N3. The first kappa shape index (κ1) is 14.0. The summed E-state index contributed by atoms with van der Waals surface area (Å²) in [6, 6.07) is 13.1. The minimum Gasteiger partial charge on any atom is -0.329 e. The summed E-state index contributed by atoms with van der Waals surface area (Å²) in [4.78, 5) is 8.38. The van der Waals surface area contributed by atoms with E-state index in [2.05, 4.69) is 51.1 Å². The van der Waals surface area contributed by atoms with Crippen LogP contribution in [0.15, 0.2) is 42.6 Å². The van der Waals surface area contributed by atoms with E-state index in [1.54, 1.807) is 0 Å². The normalized spacial score (nSPS) is 21.5. The van der Waals surface area contributed by atoms with Crippen LogP contribution in [0.4, 0.5) is 0 Å². The Bertz CT molecular complexity index is 813. The first-order chi connectivity index (χ1) is 10.7. The van der Waals surface area contributed by atoms with Crippen LogP contribution < -0.4 is 0 Å². The molecule has 2 heterocycles. The van der Waals surface area contributed by atoms with Gasteiger partial charge in [-0.25, -0.2) is 4.98 Å². The third kappa shape index (κ3) is 2.38. The lowest BCUT2D eigenvalue weighted by molar-refractivity contribution is 0.523. The topological polar surface area (TPSA) is 30.7 Å². The number of fused-ring (bicyclic) bond motifs is 1. The van der Waals surface area contributed by atoms with Crippen LogP contribution in [0.1, 0.15) is 36.8 Å². The van der Waals surface area contributed by atoms with Crippen LogP contribution in [0, 0.1) is 0 Å². The van der Waals surface area contributed by atoms with E-state index in [-0.39, 0.29) is 5.28 Å². The van der Waals surface area contributed by atoms with Crippen LogP contribution in [-0.4, -0.2) is 14.5 Å². The Morgan fingerprint density at radius 1 is 1.00 bits per heavy atom. The van der Waals surface area contributed by atoms with Gasteiger partial charge >= 0.3 is 0 Å². The lowest BCUT2D eigenvalue weighted by Gasteiger charge is -2.14. The quantitative estimate of drug-likeness (QED) is 0.474. The van der Waals surface area contributed by atoms with E-state index in [4.69, 9.17) is 23.2 Å². The van der Waals surface area contributed by atoms with Gasteiger partial charge in [-0.1, -0.05) is 41.9 Å². The molecule has 2 atom stereocenters. The maximum Gasteiger partial charge on any atom is 0.225 e. The molecule has 112 valence electrons. The van der Waals surface area contributed by atoms with Crippen LogP contribution in [0.5, 0.6) is 0 Å². The van der Waals surface area contributed by atoms with Gasteiger partial charge in [0.1, 0.15) is 10.8 Å². The van der Waals surface area contributed by atoms with E-state index >= 15 is 0 Å². The smallest absolute Gasteiger partial charge is 0.225 e. The van der Waals surface area contributed by atoms with E-state index in [0.717, 1.165) is 23.9 Å². The van der Waals surface area contributed by atoms with Gasteiger partial charge in [-0.2, -0.15) is 4.98 Å². The van der Waals surface area contributed by atoms with Gasteiger partial charge in [0.05, 0.1) is 5.39 Å². The molecule has 3 aromatic rings. The van der Waals surface area contributed by atoms with E-state index in [1.807, 2.05) is 6.07 Å². The second-order valence-corrected chi connectivity index (χ2v) is 6.51. The fraction of sp³-hybridized carbons (Fsp3) is 0.294. The zero-order valence-electron chi connectivity index (χ0n) is 11.9. The summed E-state index contributed by atoms with van der Waals surface area (Å²) < 4.78 is 2.21. The molecule has 5 heteroatoms. The Morgan fingerprint density at radius 3 is 2.64 bits per heavy atom. The first-order valence-corrected chi connectivity index (χ1v) is 8.22. The largest absolute Gasteiger partial charge is 0.329 e. The Hall–Kier alpha value is -1.58. The van der Waals surface area contributed by atoms with E-state index < -0.39 is 0 Å². The van der Waals surface area contributed by atoms with Crippen molar-refractivity contribution in [2.24, 2.45) is 0 Å². The molecule has 0 N–H and O–H groups in total. The maximum atomic E-state index is 6.16. The summed E-state index contributed by atoms with van der Waals surface area (Å²) in [7, 11) is 0. The Balaban J connectivity index is 1.67. The number of hydrogen-bond acceptors (Lipinski definition) is 2. The summed E-state index contributed by atoms with van der Waals surface area (Å²) in [5.74, 6) is 0.608. The molecule has 2 aromatic heterocycles. The highest BCUT2D eigenvalue weighted by atomic mass is 35.5. The van der Waals surface area contributed by atoms with Gasteiger partial charge in [-0.05, 0) is 48.4 Å². The molecule has 0 amide bonds. The summed E-state index contributed by atoms with van der Waals surface area (Å²) in [6.45, 7) is 0. The molecule has 1 saturated carbocycles. The highest BCUT2D eigenvalue weighted by Gasteiger charge is 2.28. The molecule has 0 saturated heterocycles. The van der Waals surface area contributed by atoms with Gasteiger partial charge < -0.3 is 4.57 Å². The molecule has 0 radical (unpaired) electrons. The standard InChI is InChI=1S/C17H15Cl2N3/c18-15-14-8-9-22(16(14)21-17(19)20-15)13-7-6-12(10-13)11-4-2-1-3-5-11/h1-5,8-9,12-13H,6-7,10H2. The highest BCUT2D eigenvalue weighted by molar-refractivity contribution is 6.35. The number of aromatic nitrogens is 3. The van der Waals surface area contributed by atoms with Crippen LogP contribution >= 0.6 is 23.2 Å². The van der Waals surface area contributed by atoms with Gasteiger partial charge in [0.25, 0.3) is 0 Å². The van der Waals surface area contributed by atoms with Gasteiger partial charge in [-0.15, -0.1) is 0 Å². The summed E-state index contributed by atoms with van der Waals surface area (Å²) >= 11 is 12.1. The van der Waals surface area contributed by atoms with Crippen molar-refractivity contribution >= 4 is 34.2 Å². The molecule has 22 heavy (non-hydrogen) atoms. The number of benzene rings is 1. The zero-order chi connectivity index (χ0) is 15.1. The fourth-order valence-corrected chi connectivity index (χ4v) is 3.94. The van der Waals surface area contributed by atoms with Gasteiger partial charge in [0.2, 0.25) is 5.28 Å². The summed E-state index contributed by atoms with van der Waals surface area (Å²) in [6.07, 6.45) is 5.51. The van der Waals surface area contributed by atoms with Crippen LogP contribution in [0.25, 0.3) is 11.0 Å². The van der Waals surface area contributed by atoms with E-state index in [9.17, 15) is 0 Å². The van der Waals surface area contributed by atoms with Crippen molar-refractivity contribution in [3.05, 3.63) is 58.6 Å². The molecule has 1 aliphatic rings.